The van der Waals surface area contributed by atoms with Crippen LogP contribution in [0.3, 0.4) is 0 Å². The molecule has 0 fully saturated rings. The minimum atomic E-state index is -5.05. The van der Waals surface area contributed by atoms with Gasteiger partial charge in [-0.15, -0.1) is 5.46 Å². The van der Waals surface area contributed by atoms with Crippen molar-refractivity contribution in [3.05, 3.63) is 65.7 Å². The van der Waals surface area contributed by atoms with Gasteiger partial charge in [-0.3, -0.25) is 4.79 Å². The molecular formula is C22H27BF3KN2O3. The first kappa shape index (κ1) is 28.9. The predicted octanol–water partition coefficient (Wildman–Crippen LogP) is -0.240. The minimum absolute atomic E-state index is 0. The molecule has 0 saturated carbocycles. The second kappa shape index (κ2) is 13.5. The fourth-order valence-corrected chi connectivity index (χ4v) is 3.08. The van der Waals surface area contributed by atoms with E-state index in [2.05, 4.69) is 10.6 Å². The number of ether oxygens (including phenoxy) is 1. The van der Waals surface area contributed by atoms with Crippen LogP contribution in [0.15, 0.2) is 54.6 Å². The first-order valence-corrected chi connectivity index (χ1v) is 10.1. The zero-order valence-electron chi connectivity index (χ0n) is 18.8. The van der Waals surface area contributed by atoms with E-state index in [0.29, 0.717) is 12.0 Å². The summed E-state index contributed by atoms with van der Waals surface area (Å²) >= 11 is 0. The number of carbonyl (C=O) groups is 2. The molecule has 0 radical (unpaired) electrons. The van der Waals surface area contributed by atoms with Crippen molar-refractivity contribution in [3.8, 4) is 0 Å². The summed E-state index contributed by atoms with van der Waals surface area (Å²) in [5.74, 6) is -1.10. The van der Waals surface area contributed by atoms with Gasteiger partial charge in [0, 0.05) is 6.54 Å². The maximum Gasteiger partial charge on any atom is 1.00 e. The number of amides is 1. The van der Waals surface area contributed by atoms with Gasteiger partial charge in [0.15, 0.2) is 0 Å². The van der Waals surface area contributed by atoms with Crippen LogP contribution in [0.1, 0.15) is 25.0 Å². The smallest absolute Gasteiger partial charge is 0.467 e. The molecule has 2 N–H and O–H groups in total. The van der Waals surface area contributed by atoms with Gasteiger partial charge in [0.1, 0.15) is 6.04 Å². The summed E-state index contributed by atoms with van der Waals surface area (Å²) in [6.07, 6.45) is 0.350. The van der Waals surface area contributed by atoms with Gasteiger partial charge in [-0.2, -0.15) is 0 Å². The van der Waals surface area contributed by atoms with Crippen LogP contribution in [-0.2, 0) is 27.3 Å². The van der Waals surface area contributed by atoms with Gasteiger partial charge in [-0.1, -0.05) is 68.4 Å². The van der Waals surface area contributed by atoms with Crippen LogP contribution < -0.4 is 67.5 Å². The number of carbonyl (C=O) groups excluding carboxylic acids is 2. The van der Waals surface area contributed by atoms with Gasteiger partial charge in [0.05, 0.1) is 13.2 Å². The zero-order valence-corrected chi connectivity index (χ0v) is 21.9. The van der Waals surface area contributed by atoms with Crippen LogP contribution in [0.4, 0.5) is 12.9 Å². The predicted molar refractivity (Wildman–Crippen MR) is 115 cm³/mol. The first-order valence-electron chi connectivity index (χ1n) is 10.1. The Hall–Kier alpha value is -1.17. The number of hydrogen-bond donors (Lipinski definition) is 2. The molecule has 0 spiro atoms. The number of rotatable bonds is 10. The SMILES string of the molecule is COC(=O)[C@@H](NC(=O)[C@H](Cc1ccccc1)NCc1ccc([B-](F)(F)F)cc1)C(C)C.[K+]. The minimum Gasteiger partial charge on any atom is -0.467 e. The Balaban J connectivity index is 0.00000512. The summed E-state index contributed by atoms with van der Waals surface area (Å²) in [7, 11) is 1.26. The Bertz CT molecular complexity index is 865. The molecule has 0 aliphatic heterocycles. The van der Waals surface area contributed by atoms with Crippen LogP contribution in [0.25, 0.3) is 0 Å². The Labute approximate surface area is 229 Å². The van der Waals surface area contributed by atoms with Gasteiger partial charge in [-0.25, -0.2) is 4.79 Å². The molecule has 2 rings (SSSR count). The van der Waals surface area contributed by atoms with Crippen LogP contribution in [0, 0.1) is 5.92 Å². The maximum atomic E-state index is 13.0. The number of halogens is 3. The standard InChI is InChI=1S/C22H27BF3N2O3.K/c1-15(2)20(22(30)31-3)28-21(29)19(13-16-7-5-4-6-8-16)27-14-17-9-11-18(12-10-17)23(24,25)26;/h4-12,15,19-20,27H,13-14H2,1-3H3,(H,28,29);/q-1;+1/t19-,20-;/m0./s1. The topological polar surface area (TPSA) is 67.4 Å². The Morgan fingerprint density at radius 1 is 0.969 bits per heavy atom. The molecule has 2 aromatic carbocycles. The summed E-state index contributed by atoms with van der Waals surface area (Å²) < 4.78 is 43.2. The molecule has 0 aromatic heterocycles. The number of nitrogens with one attached hydrogen (secondary N) is 2. The molecule has 2 atom stereocenters. The largest absolute Gasteiger partial charge is 1.00 e. The van der Waals surface area contributed by atoms with Crippen molar-refractivity contribution < 1.29 is 78.7 Å². The normalized spacial score (nSPS) is 13.1. The van der Waals surface area contributed by atoms with Gasteiger partial charge >= 0.3 is 64.3 Å². The monoisotopic (exact) mass is 474 g/mol. The zero-order chi connectivity index (χ0) is 23.0. The van der Waals surface area contributed by atoms with E-state index in [1.165, 1.54) is 19.2 Å². The van der Waals surface area contributed by atoms with Crippen molar-refractivity contribution in [3.63, 3.8) is 0 Å². The molecule has 5 nitrogen and oxygen atoms in total. The van der Waals surface area contributed by atoms with Gasteiger partial charge in [-0.05, 0) is 23.5 Å². The van der Waals surface area contributed by atoms with E-state index in [-0.39, 0.29) is 69.8 Å². The quantitative estimate of drug-likeness (QED) is 0.369. The average molecular weight is 474 g/mol. The van der Waals surface area contributed by atoms with Gasteiger partial charge in [0.2, 0.25) is 5.91 Å². The molecule has 32 heavy (non-hydrogen) atoms. The second-order valence-corrected chi connectivity index (χ2v) is 7.69. The van der Waals surface area contributed by atoms with E-state index >= 15 is 0 Å². The number of esters is 1. The van der Waals surface area contributed by atoms with Crippen molar-refractivity contribution in [1.82, 2.24) is 10.6 Å². The molecule has 0 bridgehead atoms. The van der Waals surface area contributed by atoms with Crippen molar-refractivity contribution in [2.75, 3.05) is 7.11 Å². The van der Waals surface area contributed by atoms with Crippen molar-refractivity contribution in [2.24, 2.45) is 5.92 Å². The Morgan fingerprint density at radius 3 is 2.06 bits per heavy atom. The summed E-state index contributed by atoms with van der Waals surface area (Å²) in [6, 6.07) is 12.7. The number of methoxy groups -OCH3 is 1. The average Bonchev–Trinajstić information content (AvgIpc) is 2.74. The van der Waals surface area contributed by atoms with Crippen molar-refractivity contribution >= 4 is 24.3 Å². The maximum absolute atomic E-state index is 13.0. The molecule has 0 aliphatic carbocycles. The van der Waals surface area contributed by atoms with E-state index in [9.17, 15) is 22.5 Å². The summed E-state index contributed by atoms with van der Waals surface area (Å²) in [4.78, 5) is 25.0. The van der Waals surface area contributed by atoms with E-state index in [0.717, 1.165) is 17.7 Å². The van der Waals surface area contributed by atoms with E-state index in [4.69, 9.17) is 4.74 Å². The molecule has 2 aromatic rings. The van der Waals surface area contributed by atoms with E-state index in [1.807, 2.05) is 30.3 Å². The Morgan fingerprint density at radius 2 is 1.56 bits per heavy atom. The molecule has 168 valence electrons. The molecular weight excluding hydrogens is 447 g/mol. The van der Waals surface area contributed by atoms with Crippen LogP contribution in [0.5, 0.6) is 0 Å². The molecule has 0 unspecified atom stereocenters. The summed E-state index contributed by atoms with van der Waals surface area (Å²) in [6.45, 7) is -1.26. The molecule has 1 amide bonds. The van der Waals surface area contributed by atoms with Gasteiger partial charge < -0.3 is 28.3 Å². The third kappa shape index (κ3) is 8.99. The third-order valence-corrected chi connectivity index (χ3v) is 4.93. The number of benzene rings is 2. The van der Waals surface area contributed by atoms with E-state index in [1.54, 1.807) is 13.8 Å². The van der Waals surface area contributed by atoms with Crippen LogP contribution in [-0.4, -0.2) is 38.0 Å². The Kier molecular flexibility index (Phi) is 12.2. The number of hydrogen-bond acceptors (Lipinski definition) is 4. The second-order valence-electron chi connectivity index (χ2n) is 7.69. The molecule has 0 heterocycles. The van der Waals surface area contributed by atoms with E-state index < -0.39 is 30.5 Å². The van der Waals surface area contributed by atoms with Crippen LogP contribution in [0.2, 0.25) is 0 Å². The summed E-state index contributed by atoms with van der Waals surface area (Å²) in [5, 5.41) is 5.83. The first-order chi connectivity index (χ1) is 14.6. The fraction of sp³-hybridized carbons (Fsp3) is 0.364. The van der Waals surface area contributed by atoms with Crippen LogP contribution >= 0.6 is 0 Å². The van der Waals surface area contributed by atoms with Gasteiger partial charge in [0.25, 0.3) is 0 Å². The fourth-order valence-electron chi connectivity index (χ4n) is 3.08. The third-order valence-electron chi connectivity index (χ3n) is 4.93. The molecule has 0 saturated heterocycles. The van der Waals surface area contributed by atoms with Crippen molar-refractivity contribution in [1.29, 1.82) is 0 Å². The summed E-state index contributed by atoms with van der Waals surface area (Å²) in [5.41, 5.74) is 0.854. The van der Waals surface area contributed by atoms with Crippen molar-refractivity contribution in [2.45, 2.75) is 38.9 Å². The molecule has 0 aliphatic rings. The molecule has 10 heteroatoms.